The molecule has 1 aromatic carbocycles. The van der Waals surface area contributed by atoms with E-state index in [1.807, 2.05) is 12.1 Å². The maximum absolute atomic E-state index is 12.0. The number of amides is 1. The normalized spacial score (nSPS) is 16.1. The fourth-order valence-electron chi connectivity index (χ4n) is 2.21. The van der Waals surface area contributed by atoms with Gasteiger partial charge in [0.25, 0.3) is 5.91 Å². The molecular formula is C14H21N3O3. The summed E-state index contributed by atoms with van der Waals surface area (Å²) >= 11 is 0. The SMILES string of the molecule is Nc1ccccc1OCC(=O)N1CCN(CCO)CC1. The van der Waals surface area contributed by atoms with E-state index in [0.717, 1.165) is 13.1 Å². The van der Waals surface area contributed by atoms with Crippen LogP contribution in [0.15, 0.2) is 24.3 Å². The molecule has 1 aromatic rings. The van der Waals surface area contributed by atoms with Gasteiger partial charge < -0.3 is 20.5 Å². The number of nitrogen functional groups attached to an aromatic ring is 1. The molecule has 6 heteroatoms. The van der Waals surface area contributed by atoms with Gasteiger partial charge in [-0.3, -0.25) is 9.69 Å². The Hall–Kier alpha value is -1.79. The zero-order valence-electron chi connectivity index (χ0n) is 11.5. The van der Waals surface area contributed by atoms with E-state index in [4.69, 9.17) is 15.6 Å². The maximum Gasteiger partial charge on any atom is 0.260 e. The Labute approximate surface area is 118 Å². The van der Waals surface area contributed by atoms with Crippen molar-refractivity contribution in [2.45, 2.75) is 0 Å². The number of aliphatic hydroxyl groups excluding tert-OH is 1. The molecule has 0 spiro atoms. The minimum absolute atomic E-state index is 0.00815. The summed E-state index contributed by atoms with van der Waals surface area (Å²) in [7, 11) is 0. The Balaban J connectivity index is 1.77. The molecule has 0 aliphatic carbocycles. The minimum atomic E-state index is -0.0306. The molecule has 1 saturated heterocycles. The second-order valence-corrected chi connectivity index (χ2v) is 4.77. The summed E-state index contributed by atoms with van der Waals surface area (Å²) in [6.45, 7) is 3.76. The van der Waals surface area contributed by atoms with Crippen molar-refractivity contribution in [3.05, 3.63) is 24.3 Å². The number of para-hydroxylation sites is 2. The number of benzene rings is 1. The van der Waals surface area contributed by atoms with Crippen molar-refractivity contribution in [1.29, 1.82) is 0 Å². The lowest BCUT2D eigenvalue weighted by Crippen LogP contribution is -2.50. The van der Waals surface area contributed by atoms with E-state index in [-0.39, 0.29) is 19.1 Å². The van der Waals surface area contributed by atoms with Gasteiger partial charge in [-0.2, -0.15) is 0 Å². The number of piperazine rings is 1. The first-order valence-electron chi connectivity index (χ1n) is 6.79. The molecule has 0 unspecified atom stereocenters. The van der Waals surface area contributed by atoms with Crippen LogP contribution in [-0.2, 0) is 4.79 Å². The highest BCUT2D eigenvalue weighted by Crippen LogP contribution is 2.19. The van der Waals surface area contributed by atoms with Gasteiger partial charge in [-0.05, 0) is 12.1 Å². The van der Waals surface area contributed by atoms with Crippen LogP contribution in [0.1, 0.15) is 0 Å². The predicted octanol–water partition coefficient (Wildman–Crippen LogP) is -0.216. The Morgan fingerprint density at radius 1 is 1.25 bits per heavy atom. The lowest BCUT2D eigenvalue weighted by atomic mass is 10.3. The lowest BCUT2D eigenvalue weighted by molar-refractivity contribution is -0.135. The second-order valence-electron chi connectivity index (χ2n) is 4.77. The van der Waals surface area contributed by atoms with Crippen molar-refractivity contribution in [3.8, 4) is 5.75 Å². The van der Waals surface area contributed by atoms with Crippen molar-refractivity contribution >= 4 is 11.6 Å². The van der Waals surface area contributed by atoms with Crippen LogP contribution in [0.25, 0.3) is 0 Å². The number of nitrogens with zero attached hydrogens (tertiary/aromatic N) is 2. The first kappa shape index (κ1) is 14.6. The van der Waals surface area contributed by atoms with Crippen LogP contribution in [0.5, 0.6) is 5.75 Å². The van der Waals surface area contributed by atoms with Gasteiger partial charge in [0.1, 0.15) is 5.75 Å². The number of carbonyl (C=O) groups excluding carboxylic acids is 1. The van der Waals surface area contributed by atoms with Crippen molar-refractivity contribution in [2.75, 3.05) is 51.7 Å². The molecule has 2 rings (SSSR count). The summed E-state index contributed by atoms with van der Waals surface area (Å²) in [5, 5.41) is 8.88. The van der Waals surface area contributed by atoms with Gasteiger partial charge in [-0.1, -0.05) is 12.1 Å². The molecule has 6 nitrogen and oxygen atoms in total. The second kappa shape index (κ2) is 7.12. The molecule has 1 aliphatic heterocycles. The van der Waals surface area contributed by atoms with Gasteiger partial charge in [0.2, 0.25) is 0 Å². The van der Waals surface area contributed by atoms with Crippen molar-refractivity contribution in [2.24, 2.45) is 0 Å². The third-order valence-corrected chi connectivity index (χ3v) is 3.41. The number of β-amino-alcohol motifs (C(OH)–C–C–N with tert-alkyl or cyclic N) is 1. The van der Waals surface area contributed by atoms with Crippen LogP contribution < -0.4 is 10.5 Å². The fourth-order valence-corrected chi connectivity index (χ4v) is 2.21. The molecule has 110 valence electrons. The number of aliphatic hydroxyl groups is 1. The van der Waals surface area contributed by atoms with Crippen LogP contribution in [0, 0.1) is 0 Å². The Kier molecular flexibility index (Phi) is 5.20. The molecular weight excluding hydrogens is 258 g/mol. The number of ether oxygens (including phenoxy) is 1. The average Bonchev–Trinajstić information content (AvgIpc) is 2.47. The lowest BCUT2D eigenvalue weighted by Gasteiger charge is -2.34. The third-order valence-electron chi connectivity index (χ3n) is 3.41. The van der Waals surface area contributed by atoms with E-state index in [1.54, 1.807) is 17.0 Å². The van der Waals surface area contributed by atoms with E-state index in [0.29, 0.717) is 31.1 Å². The Morgan fingerprint density at radius 2 is 1.95 bits per heavy atom. The zero-order chi connectivity index (χ0) is 14.4. The molecule has 1 aliphatic rings. The number of nitrogens with two attached hydrogens (primary N) is 1. The fraction of sp³-hybridized carbons (Fsp3) is 0.500. The van der Waals surface area contributed by atoms with Crippen molar-refractivity contribution < 1.29 is 14.6 Å². The molecule has 3 N–H and O–H groups in total. The Bertz CT molecular complexity index is 445. The molecule has 0 aromatic heterocycles. The van der Waals surface area contributed by atoms with E-state index in [1.165, 1.54) is 0 Å². The number of anilines is 1. The van der Waals surface area contributed by atoms with E-state index < -0.39 is 0 Å². The molecule has 0 radical (unpaired) electrons. The largest absolute Gasteiger partial charge is 0.482 e. The summed E-state index contributed by atoms with van der Waals surface area (Å²) in [6.07, 6.45) is 0. The molecule has 0 saturated carbocycles. The highest BCUT2D eigenvalue weighted by Gasteiger charge is 2.21. The summed E-state index contributed by atoms with van der Waals surface area (Å²) in [4.78, 5) is 16.0. The average molecular weight is 279 g/mol. The molecule has 20 heavy (non-hydrogen) atoms. The molecule has 1 fully saturated rings. The van der Waals surface area contributed by atoms with E-state index in [9.17, 15) is 4.79 Å². The molecule has 0 atom stereocenters. The molecule has 0 bridgehead atoms. The van der Waals surface area contributed by atoms with Crippen molar-refractivity contribution in [1.82, 2.24) is 9.80 Å². The van der Waals surface area contributed by atoms with Crippen LogP contribution in [0.4, 0.5) is 5.69 Å². The van der Waals surface area contributed by atoms with Crippen molar-refractivity contribution in [3.63, 3.8) is 0 Å². The van der Waals surface area contributed by atoms with Gasteiger partial charge in [0.05, 0.1) is 12.3 Å². The van der Waals surface area contributed by atoms with E-state index in [2.05, 4.69) is 4.90 Å². The van der Waals surface area contributed by atoms with Gasteiger partial charge in [0, 0.05) is 32.7 Å². The topological polar surface area (TPSA) is 79.0 Å². The van der Waals surface area contributed by atoms with Crippen LogP contribution in [0.3, 0.4) is 0 Å². The van der Waals surface area contributed by atoms with Crippen LogP contribution in [-0.4, -0.2) is 66.8 Å². The summed E-state index contributed by atoms with van der Waals surface area (Å²) in [5.74, 6) is 0.511. The smallest absolute Gasteiger partial charge is 0.260 e. The van der Waals surface area contributed by atoms with Gasteiger partial charge in [-0.25, -0.2) is 0 Å². The van der Waals surface area contributed by atoms with E-state index >= 15 is 0 Å². The minimum Gasteiger partial charge on any atom is -0.482 e. The number of rotatable bonds is 5. The number of carbonyl (C=O) groups is 1. The zero-order valence-corrected chi connectivity index (χ0v) is 11.5. The standard InChI is InChI=1S/C14H21N3O3/c15-12-3-1-2-4-13(12)20-11-14(19)17-7-5-16(6-8-17)9-10-18/h1-4,18H,5-11,15H2. The first-order chi connectivity index (χ1) is 9.70. The predicted molar refractivity (Wildman–Crippen MR) is 76.5 cm³/mol. The van der Waals surface area contributed by atoms with Gasteiger partial charge in [-0.15, -0.1) is 0 Å². The molecule has 1 heterocycles. The van der Waals surface area contributed by atoms with Crippen LogP contribution >= 0.6 is 0 Å². The Morgan fingerprint density at radius 3 is 2.60 bits per heavy atom. The third kappa shape index (κ3) is 3.85. The summed E-state index contributed by atoms with van der Waals surface area (Å²) < 4.78 is 5.46. The van der Waals surface area contributed by atoms with Gasteiger partial charge in [0.15, 0.2) is 6.61 Å². The monoisotopic (exact) mass is 279 g/mol. The number of hydrogen-bond donors (Lipinski definition) is 2. The number of hydrogen-bond acceptors (Lipinski definition) is 5. The first-order valence-corrected chi connectivity index (χ1v) is 6.79. The molecule has 1 amide bonds. The van der Waals surface area contributed by atoms with Crippen LogP contribution in [0.2, 0.25) is 0 Å². The highest BCUT2D eigenvalue weighted by molar-refractivity contribution is 5.78. The van der Waals surface area contributed by atoms with Gasteiger partial charge >= 0.3 is 0 Å². The summed E-state index contributed by atoms with van der Waals surface area (Å²) in [5.41, 5.74) is 6.29. The highest BCUT2D eigenvalue weighted by atomic mass is 16.5. The summed E-state index contributed by atoms with van der Waals surface area (Å²) in [6, 6.07) is 7.14. The maximum atomic E-state index is 12.0. The quantitative estimate of drug-likeness (QED) is 0.729.